The largest absolute Gasteiger partial charge is 0.507 e. The van der Waals surface area contributed by atoms with E-state index in [1.165, 1.54) is 12.4 Å². The highest BCUT2D eigenvalue weighted by Gasteiger charge is 2.11. The number of aromatic hydroxyl groups is 3. The van der Waals surface area contributed by atoms with E-state index in [4.69, 9.17) is 0 Å². The highest BCUT2D eigenvalue weighted by molar-refractivity contribution is 5.95. The second kappa shape index (κ2) is 9.70. The fourth-order valence-electron chi connectivity index (χ4n) is 3.72. The zero-order chi connectivity index (χ0) is 24.2. The SMILES string of the molecule is Cc1cc2c(O)c(c1)C=Nc1cc(C)cc(c1O)N=Cc1cc(C)cc(c1O)C=NCCN=C2. The Balaban J connectivity index is 1.88. The van der Waals surface area contributed by atoms with E-state index < -0.39 is 0 Å². The highest BCUT2D eigenvalue weighted by atomic mass is 16.3. The molecule has 34 heavy (non-hydrogen) atoms. The molecule has 0 radical (unpaired) electrons. The topological polar surface area (TPSA) is 110 Å². The average Bonchev–Trinajstić information content (AvgIpc) is 2.79. The van der Waals surface area contributed by atoms with Gasteiger partial charge in [0.25, 0.3) is 0 Å². The summed E-state index contributed by atoms with van der Waals surface area (Å²) in [7, 11) is 0. The van der Waals surface area contributed by atoms with Crippen molar-refractivity contribution in [3.63, 3.8) is 0 Å². The molecular weight excluding hydrogens is 428 g/mol. The molecule has 0 saturated heterocycles. The first-order valence-corrected chi connectivity index (χ1v) is 10.9. The lowest BCUT2D eigenvalue weighted by Crippen LogP contribution is -1.95. The molecule has 1 aliphatic rings. The van der Waals surface area contributed by atoms with Gasteiger partial charge in [-0.05, 0) is 73.9 Å². The van der Waals surface area contributed by atoms with E-state index in [0.29, 0.717) is 46.7 Å². The van der Waals surface area contributed by atoms with Crippen molar-refractivity contribution >= 4 is 36.2 Å². The van der Waals surface area contributed by atoms with Gasteiger partial charge >= 0.3 is 0 Å². The van der Waals surface area contributed by atoms with Crippen LogP contribution >= 0.6 is 0 Å². The molecule has 3 aromatic rings. The smallest absolute Gasteiger partial charge is 0.167 e. The molecule has 7 nitrogen and oxygen atoms in total. The van der Waals surface area contributed by atoms with Gasteiger partial charge in [0.2, 0.25) is 0 Å². The van der Waals surface area contributed by atoms with E-state index in [0.717, 1.165) is 16.7 Å². The van der Waals surface area contributed by atoms with E-state index in [1.807, 2.05) is 45.0 Å². The van der Waals surface area contributed by atoms with Gasteiger partial charge in [-0.1, -0.05) is 0 Å². The number of phenolic OH excluding ortho intramolecular Hbond substituents is 3. The van der Waals surface area contributed by atoms with Crippen molar-refractivity contribution in [3.05, 3.63) is 75.3 Å². The maximum atomic E-state index is 10.8. The number of fused-ring (bicyclic) bond motifs is 6. The van der Waals surface area contributed by atoms with Crippen LogP contribution in [0.2, 0.25) is 0 Å². The maximum absolute atomic E-state index is 10.8. The number of benzene rings is 3. The van der Waals surface area contributed by atoms with Gasteiger partial charge in [0, 0.05) is 47.1 Å². The molecule has 0 spiro atoms. The van der Waals surface area contributed by atoms with Gasteiger partial charge < -0.3 is 15.3 Å². The van der Waals surface area contributed by atoms with Gasteiger partial charge in [-0.15, -0.1) is 0 Å². The predicted molar refractivity (Wildman–Crippen MR) is 138 cm³/mol. The molecule has 6 bridgehead atoms. The fraction of sp³-hybridized carbons (Fsp3) is 0.185. The van der Waals surface area contributed by atoms with Gasteiger partial charge in [-0.25, -0.2) is 0 Å². The van der Waals surface area contributed by atoms with Crippen LogP contribution in [0.5, 0.6) is 17.2 Å². The second-order valence-electron chi connectivity index (χ2n) is 8.32. The summed E-state index contributed by atoms with van der Waals surface area (Å²) in [6.07, 6.45) is 6.25. The van der Waals surface area contributed by atoms with Crippen molar-refractivity contribution in [1.29, 1.82) is 0 Å². The zero-order valence-corrected chi connectivity index (χ0v) is 19.3. The van der Waals surface area contributed by atoms with E-state index in [2.05, 4.69) is 20.0 Å². The molecule has 172 valence electrons. The normalized spacial score (nSPS) is 13.4. The first kappa shape index (κ1) is 22.9. The number of hydrogen-bond acceptors (Lipinski definition) is 7. The summed E-state index contributed by atoms with van der Waals surface area (Å²) in [6.45, 7) is 6.57. The van der Waals surface area contributed by atoms with Crippen LogP contribution in [-0.2, 0) is 0 Å². The number of phenols is 3. The van der Waals surface area contributed by atoms with Gasteiger partial charge in [-0.2, -0.15) is 0 Å². The lowest BCUT2D eigenvalue weighted by molar-refractivity contribution is 0.473. The third-order valence-corrected chi connectivity index (χ3v) is 5.34. The standard InChI is InChI=1S/C27H26N4O3/c1-16-6-19-12-28-4-5-29-13-20-7-17(2)9-22(26(20)33)15-31-24-11-18(3)10-23(27(24)34)30-14-21(8-16)25(19)32/h6-15,32-34H,4-5H2,1-3H3. The number of rotatable bonds is 0. The van der Waals surface area contributed by atoms with Crippen LogP contribution in [0.1, 0.15) is 38.9 Å². The lowest BCUT2D eigenvalue weighted by atomic mass is 10.1. The predicted octanol–water partition coefficient (Wildman–Crippen LogP) is 5.08. The Kier molecular flexibility index (Phi) is 6.54. The minimum absolute atomic E-state index is 0.0568. The Morgan fingerprint density at radius 1 is 0.500 bits per heavy atom. The Morgan fingerprint density at radius 2 is 0.853 bits per heavy atom. The first-order valence-electron chi connectivity index (χ1n) is 10.9. The Hall–Kier alpha value is -4.26. The summed E-state index contributed by atoms with van der Waals surface area (Å²) in [5, 5.41) is 32.2. The van der Waals surface area contributed by atoms with E-state index >= 15 is 0 Å². The molecule has 0 fully saturated rings. The summed E-state index contributed by atoms with van der Waals surface area (Å²) in [6, 6.07) is 10.8. The van der Waals surface area contributed by atoms with Crippen LogP contribution in [0.25, 0.3) is 0 Å². The second-order valence-corrected chi connectivity index (χ2v) is 8.32. The fourth-order valence-corrected chi connectivity index (χ4v) is 3.72. The lowest BCUT2D eigenvalue weighted by Gasteiger charge is -2.08. The van der Waals surface area contributed by atoms with Crippen LogP contribution in [0.3, 0.4) is 0 Å². The van der Waals surface area contributed by atoms with Crippen LogP contribution in [-0.4, -0.2) is 53.3 Å². The first-order chi connectivity index (χ1) is 16.3. The number of aliphatic imine (C=N–C) groups is 4. The summed E-state index contributed by atoms with van der Waals surface area (Å²) in [5.74, 6) is 0.0153. The van der Waals surface area contributed by atoms with Crippen LogP contribution < -0.4 is 0 Å². The van der Waals surface area contributed by atoms with Gasteiger partial charge in [0.05, 0.1) is 13.1 Å². The molecule has 0 aliphatic carbocycles. The van der Waals surface area contributed by atoms with Crippen molar-refractivity contribution in [2.75, 3.05) is 13.1 Å². The molecule has 3 N–H and O–H groups in total. The van der Waals surface area contributed by atoms with Crippen LogP contribution in [0, 0.1) is 20.8 Å². The molecule has 0 saturated carbocycles. The van der Waals surface area contributed by atoms with Gasteiger partial charge in [0.1, 0.15) is 22.9 Å². The van der Waals surface area contributed by atoms with Gasteiger partial charge in [0.15, 0.2) is 5.75 Å². The number of aryl methyl sites for hydroxylation is 3. The van der Waals surface area contributed by atoms with Crippen molar-refractivity contribution in [1.82, 2.24) is 0 Å². The summed E-state index contributed by atoms with van der Waals surface area (Å²) in [4.78, 5) is 17.6. The minimum Gasteiger partial charge on any atom is -0.507 e. The highest BCUT2D eigenvalue weighted by Crippen LogP contribution is 2.38. The minimum atomic E-state index is -0.0983. The average molecular weight is 455 g/mol. The monoisotopic (exact) mass is 454 g/mol. The summed E-state index contributed by atoms with van der Waals surface area (Å²) >= 11 is 0. The molecule has 1 aliphatic heterocycles. The van der Waals surface area contributed by atoms with Crippen molar-refractivity contribution < 1.29 is 15.3 Å². The molecule has 0 amide bonds. The Bertz CT molecular complexity index is 1270. The quantitative estimate of drug-likeness (QED) is 0.440. The molecule has 0 unspecified atom stereocenters. The molecular formula is C27H26N4O3. The van der Waals surface area contributed by atoms with Crippen molar-refractivity contribution in [2.45, 2.75) is 20.8 Å². The number of hydrogen-bond donors (Lipinski definition) is 3. The Labute approximate surface area is 198 Å². The molecule has 0 atom stereocenters. The molecule has 3 aromatic carbocycles. The molecule has 0 aromatic heterocycles. The third kappa shape index (κ3) is 5.04. The summed E-state index contributed by atoms with van der Waals surface area (Å²) < 4.78 is 0. The van der Waals surface area contributed by atoms with Crippen molar-refractivity contribution in [3.8, 4) is 17.2 Å². The van der Waals surface area contributed by atoms with Crippen LogP contribution in [0.4, 0.5) is 11.4 Å². The van der Waals surface area contributed by atoms with E-state index in [-0.39, 0.29) is 17.2 Å². The van der Waals surface area contributed by atoms with Gasteiger partial charge in [-0.3, -0.25) is 20.0 Å². The van der Waals surface area contributed by atoms with Crippen LogP contribution in [0.15, 0.2) is 56.4 Å². The molecule has 4 rings (SSSR count). The molecule has 1 heterocycles. The molecule has 7 heteroatoms. The van der Waals surface area contributed by atoms with E-state index in [1.54, 1.807) is 24.6 Å². The maximum Gasteiger partial charge on any atom is 0.167 e. The zero-order valence-electron chi connectivity index (χ0n) is 19.3. The third-order valence-electron chi connectivity index (χ3n) is 5.34. The summed E-state index contributed by atoms with van der Waals surface area (Å²) in [5.41, 5.74) is 5.54. The van der Waals surface area contributed by atoms with Crippen molar-refractivity contribution in [2.24, 2.45) is 20.0 Å². The number of nitrogens with zero attached hydrogens (tertiary/aromatic N) is 4. The van der Waals surface area contributed by atoms with E-state index in [9.17, 15) is 15.3 Å². The Morgan fingerprint density at radius 3 is 1.26 bits per heavy atom.